The Morgan fingerprint density at radius 3 is 1.69 bits per heavy atom. The lowest BCUT2D eigenvalue weighted by Gasteiger charge is -2.08. The van der Waals surface area contributed by atoms with Crippen LogP contribution in [0, 0.1) is 0 Å². The zero-order chi connectivity index (χ0) is 23.2. The lowest BCUT2D eigenvalue weighted by atomic mass is 9.96. The molecule has 0 aliphatic heterocycles. The first-order valence-corrected chi connectivity index (χ1v) is 11.9. The van der Waals surface area contributed by atoms with Gasteiger partial charge in [0.05, 0.1) is 0 Å². The predicted octanol–water partition coefficient (Wildman–Crippen LogP) is 9.74. The quantitative estimate of drug-likeness (QED) is 0.246. The Morgan fingerprint density at radius 1 is 0.343 bits per heavy atom. The second kappa shape index (κ2) is 8.00. The summed E-state index contributed by atoms with van der Waals surface area (Å²) >= 11 is 0. The Balaban J connectivity index is 1.45. The van der Waals surface area contributed by atoms with Gasteiger partial charge in [0.15, 0.2) is 0 Å². The first-order valence-electron chi connectivity index (χ1n) is 11.9. The molecule has 0 spiro atoms. The SMILES string of the molecule is c1ccc(-c2ccccc2-c2oc(-c3ccc4cc5ccccc5cc4c3)c3ccccc23)cc1. The lowest BCUT2D eigenvalue weighted by Crippen LogP contribution is -1.83. The first-order chi connectivity index (χ1) is 17.3. The van der Waals surface area contributed by atoms with Crippen LogP contribution in [0.15, 0.2) is 138 Å². The van der Waals surface area contributed by atoms with Crippen LogP contribution >= 0.6 is 0 Å². The zero-order valence-electron chi connectivity index (χ0n) is 19.1. The average Bonchev–Trinajstić information content (AvgIpc) is 3.32. The van der Waals surface area contributed by atoms with Crippen molar-refractivity contribution in [3.63, 3.8) is 0 Å². The van der Waals surface area contributed by atoms with E-state index in [1.54, 1.807) is 0 Å². The van der Waals surface area contributed by atoms with Crippen molar-refractivity contribution in [1.29, 1.82) is 0 Å². The van der Waals surface area contributed by atoms with Crippen molar-refractivity contribution in [2.75, 3.05) is 0 Å². The summed E-state index contributed by atoms with van der Waals surface area (Å²) in [5, 5.41) is 7.22. The van der Waals surface area contributed by atoms with Gasteiger partial charge in [-0.3, -0.25) is 0 Å². The Kier molecular flexibility index (Phi) is 4.53. The third-order valence-corrected chi connectivity index (χ3v) is 6.84. The number of furan rings is 1. The fourth-order valence-corrected chi connectivity index (χ4v) is 5.14. The molecule has 1 heterocycles. The molecule has 0 radical (unpaired) electrons. The third-order valence-electron chi connectivity index (χ3n) is 6.84. The fourth-order valence-electron chi connectivity index (χ4n) is 5.14. The number of benzene rings is 6. The molecule has 7 aromatic rings. The minimum Gasteiger partial charge on any atom is -0.455 e. The van der Waals surface area contributed by atoms with Gasteiger partial charge in [-0.15, -0.1) is 0 Å². The van der Waals surface area contributed by atoms with Gasteiger partial charge in [-0.1, -0.05) is 115 Å². The van der Waals surface area contributed by atoms with E-state index < -0.39 is 0 Å². The molecule has 1 aromatic heterocycles. The highest BCUT2D eigenvalue weighted by molar-refractivity contribution is 6.06. The van der Waals surface area contributed by atoms with E-state index in [1.165, 1.54) is 32.7 Å². The molecule has 0 aliphatic carbocycles. The molecule has 1 heteroatoms. The summed E-state index contributed by atoms with van der Waals surface area (Å²) in [6.07, 6.45) is 0. The number of hydrogen-bond acceptors (Lipinski definition) is 1. The van der Waals surface area contributed by atoms with Crippen LogP contribution in [-0.2, 0) is 0 Å². The van der Waals surface area contributed by atoms with Gasteiger partial charge in [0.25, 0.3) is 0 Å². The summed E-state index contributed by atoms with van der Waals surface area (Å²) in [6.45, 7) is 0. The summed E-state index contributed by atoms with van der Waals surface area (Å²) in [5.41, 5.74) is 4.55. The van der Waals surface area contributed by atoms with Gasteiger partial charge in [-0.05, 0) is 50.9 Å². The highest BCUT2D eigenvalue weighted by atomic mass is 16.3. The van der Waals surface area contributed by atoms with Crippen molar-refractivity contribution < 1.29 is 4.42 Å². The van der Waals surface area contributed by atoms with Crippen LogP contribution in [0.1, 0.15) is 0 Å². The van der Waals surface area contributed by atoms with Crippen LogP contribution in [0.2, 0.25) is 0 Å². The topological polar surface area (TPSA) is 13.1 Å². The number of hydrogen-bond donors (Lipinski definition) is 0. The normalized spacial score (nSPS) is 11.4. The maximum absolute atomic E-state index is 6.74. The minimum atomic E-state index is 0.911. The van der Waals surface area contributed by atoms with E-state index in [2.05, 4.69) is 133 Å². The summed E-state index contributed by atoms with van der Waals surface area (Å²) in [4.78, 5) is 0. The van der Waals surface area contributed by atoms with E-state index in [-0.39, 0.29) is 0 Å². The summed E-state index contributed by atoms with van der Waals surface area (Å²) < 4.78 is 6.74. The summed E-state index contributed by atoms with van der Waals surface area (Å²) in [6, 6.07) is 47.2. The van der Waals surface area contributed by atoms with Gasteiger partial charge in [-0.25, -0.2) is 0 Å². The molecule has 0 aliphatic rings. The van der Waals surface area contributed by atoms with Gasteiger partial charge < -0.3 is 4.42 Å². The van der Waals surface area contributed by atoms with Crippen LogP contribution in [0.3, 0.4) is 0 Å². The zero-order valence-corrected chi connectivity index (χ0v) is 19.1. The third kappa shape index (κ3) is 3.33. The second-order valence-electron chi connectivity index (χ2n) is 8.98. The Morgan fingerprint density at radius 2 is 0.914 bits per heavy atom. The minimum absolute atomic E-state index is 0.911. The van der Waals surface area contributed by atoms with E-state index in [0.717, 1.165) is 33.4 Å². The van der Waals surface area contributed by atoms with E-state index >= 15 is 0 Å². The van der Waals surface area contributed by atoms with Crippen LogP contribution in [-0.4, -0.2) is 0 Å². The van der Waals surface area contributed by atoms with E-state index in [4.69, 9.17) is 4.42 Å². The van der Waals surface area contributed by atoms with Crippen LogP contribution < -0.4 is 0 Å². The molecule has 164 valence electrons. The van der Waals surface area contributed by atoms with E-state index in [0.29, 0.717) is 0 Å². The van der Waals surface area contributed by atoms with Gasteiger partial charge >= 0.3 is 0 Å². The monoisotopic (exact) mass is 446 g/mol. The smallest absolute Gasteiger partial charge is 0.143 e. The summed E-state index contributed by atoms with van der Waals surface area (Å²) in [7, 11) is 0. The molecule has 6 aromatic carbocycles. The Labute approximate surface area is 203 Å². The van der Waals surface area contributed by atoms with Crippen LogP contribution in [0.5, 0.6) is 0 Å². The highest BCUT2D eigenvalue weighted by Gasteiger charge is 2.19. The van der Waals surface area contributed by atoms with Crippen LogP contribution in [0.4, 0.5) is 0 Å². The van der Waals surface area contributed by atoms with Gasteiger partial charge in [0.1, 0.15) is 11.5 Å². The van der Waals surface area contributed by atoms with Crippen molar-refractivity contribution in [2.45, 2.75) is 0 Å². The van der Waals surface area contributed by atoms with Gasteiger partial charge in [0, 0.05) is 21.9 Å². The largest absolute Gasteiger partial charge is 0.455 e. The van der Waals surface area contributed by atoms with Crippen molar-refractivity contribution in [3.8, 4) is 33.8 Å². The molecule has 1 nitrogen and oxygen atoms in total. The summed E-state index contributed by atoms with van der Waals surface area (Å²) in [5.74, 6) is 1.82. The maximum atomic E-state index is 6.74. The molecule has 0 saturated heterocycles. The first kappa shape index (κ1) is 19.8. The van der Waals surface area contributed by atoms with Crippen molar-refractivity contribution in [3.05, 3.63) is 133 Å². The molecule has 0 saturated carbocycles. The molecule has 0 fully saturated rings. The Hall–Kier alpha value is -4.62. The number of fused-ring (bicyclic) bond motifs is 3. The average molecular weight is 447 g/mol. The maximum Gasteiger partial charge on any atom is 0.143 e. The standard InChI is InChI=1S/C34H22O/c1-2-10-23(11-3-1)29-14-6-7-15-30(29)34-32-17-9-8-16-31(32)33(35-34)27-19-18-26-20-24-12-4-5-13-25(24)21-28(26)22-27/h1-22H. The second-order valence-corrected chi connectivity index (χ2v) is 8.98. The molecule has 0 atom stereocenters. The lowest BCUT2D eigenvalue weighted by molar-refractivity contribution is 0.602. The molecular weight excluding hydrogens is 424 g/mol. The molecule has 0 unspecified atom stereocenters. The predicted molar refractivity (Wildman–Crippen MR) is 148 cm³/mol. The molecule has 0 bridgehead atoms. The van der Waals surface area contributed by atoms with E-state index in [1.807, 2.05) is 0 Å². The molecule has 0 N–H and O–H groups in total. The van der Waals surface area contributed by atoms with Crippen LogP contribution in [0.25, 0.3) is 66.1 Å². The van der Waals surface area contributed by atoms with Crippen molar-refractivity contribution in [1.82, 2.24) is 0 Å². The number of rotatable bonds is 3. The molecular formula is C34H22O. The molecule has 0 amide bonds. The van der Waals surface area contributed by atoms with Gasteiger partial charge in [0.2, 0.25) is 0 Å². The molecule has 7 rings (SSSR count). The Bertz CT molecular complexity index is 1840. The van der Waals surface area contributed by atoms with Gasteiger partial charge in [-0.2, -0.15) is 0 Å². The fraction of sp³-hybridized carbons (Fsp3) is 0. The highest BCUT2D eigenvalue weighted by Crippen LogP contribution is 2.43. The van der Waals surface area contributed by atoms with E-state index in [9.17, 15) is 0 Å². The molecule has 35 heavy (non-hydrogen) atoms. The van der Waals surface area contributed by atoms with Crippen molar-refractivity contribution >= 4 is 32.3 Å². The van der Waals surface area contributed by atoms with Crippen molar-refractivity contribution in [2.24, 2.45) is 0 Å².